The van der Waals surface area contributed by atoms with E-state index in [0.29, 0.717) is 11.2 Å². The molecule has 4 aromatic heterocycles. The number of furan rings is 2. The van der Waals surface area contributed by atoms with Crippen LogP contribution in [0.1, 0.15) is 0 Å². The Morgan fingerprint density at radius 2 is 1.40 bits per heavy atom. The van der Waals surface area contributed by atoms with Gasteiger partial charge < -0.3 is 8.83 Å². The molecule has 0 unspecified atom stereocenters. The second kappa shape index (κ2) is 12.1. The molecule has 43 heavy (non-hydrogen) atoms. The number of halogens is 1. The van der Waals surface area contributed by atoms with E-state index in [2.05, 4.69) is 60.2 Å². The van der Waals surface area contributed by atoms with E-state index in [1.165, 1.54) is 28.1 Å². The van der Waals surface area contributed by atoms with Crippen LogP contribution in [-0.2, 0) is 40.2 Å². The first kappa shape index (κ1) is 30.8. The van der Waals surface area contributed by atoms with Gasteiger partial charge in [0.1, 0.15) is 17.0 Å². The summed E-state index contributed by atoms with van der Waals surface area (Å²) in [4.78, 5) is 0. The molecule has 8 rings (SSSR count). The number of hydrogen-bond acceptors (Lipinski definition) is 4. The Morgan fingerprint density at radius 1 is 0.721 bits per heavy atom. The zero-order chi connectivity index (χ0) is 28.1. The molecule has 0 saturated carbocycles. The molecule has 0 aliphatic rings. The molecule has 0 N–H and O–H groups in total. The van der Waals surface area contributed by atoms with Gasteiger partial charge in [0.15, 0.2) is 0 Å². The van der Waals surface area contributed by atoms with Crippen molar-refractivity contribution < 1.29 is 53.4 Å². The van der Waals surface area contributed by atoms with Crippen LogP contribution in [0, 0.1) is 17.9 Å². The molecular formula is C33H25FIr2N4O2Si-2. The third-order valence-electron chi connectivity index (χ3n) is 7.08. The Bertz CT molecular complexity index is 2170. The minimum absolute atomic E-state index is 0. The molecule has 220 valence electrons. The summed E-state index contributed by atoms with van der Waals surface area (Å²) in [7, 11) is -1.51. The molecule has 6 nitrogen and oxygen atoms in total. The molecule has 0 bridgehead atoms. The van der Waals surface area contributed by atoms with Crippen LogP contribution in [0.4, 0.5) is 4.39 Å². The number of fused-ring (bicyclic) bond motifs is 6. The zero-order valence-corrected chi connectivity index (χ0v) is 29.2. The maximum absolute atomic E-state index is 13.3. The van der Waals surface area contributed by atoms with Gasteiger partial charge in [-0.2, -0.15) is 40.5 Å². The van der Waals surface area contributed by atoms with Crippen LogP contribution in [0.25, 0.3) is 55.3 Å². The van der Waals surface area contributed by atoms with E-state index in [-0.39, 0.29) is 46.0 Å². The first-order chi connectivity index (χ1) is 19.9. The van der Waals surface area contributed by atoms with Crippen molar-refractivity contribution in [3.8, 4) is 11.4 Å². The topological polar surface area (TPSA) is 61.9 Å². The van der Waals surface area contributed by atoms with Crippen molar-refractivity contribution in [3.63, 3.8) is 0 Å². The van der Waals surface area contributed by atoms with Gasteiger partial charge in [-0.25, -0.2) is 4.39 Å². The molecule has 0 atom stereocenters. The van der Waals surface area contributed by atoms with Gasteiger partial charge in [-0.15, -0.1) is 5.19 Å². The predicted octanol–water partition coefficient (Wildman–Crippen LogP) is 7.82. The fourth-order valence-corrected chi connectivity index (χ4v) is 6.70. The van der Waals surface area contributed by atoms with Crippen molar-refractivity contribution in [1.82, 2.24) is 19.6 Å². The summed E-state index contributed by atoms with van der Waals surface area (Å²) < 4.78 is 28.7. The smallest absolute Gasteiger partial charge is 0.126 e. The fraction of sp³-hybridized carbons (Fsp3) is 0.0909. The van der Waals surface area contributed by atoms with Gasteiger partial charge in [0.05, 0.1) is 0 Å². The van der Waals surface area contributed by atoms with E-state index >= 15 is 0 Å². The van der Waals surface area contributed by atoms with Crippen molar-refractivity contribution in [3.05, 3.63) is 116 Å². The van der Waals surface area contributed by atoms with Crippen molar-refractivity contribution in [2.24, 2.45) is 0 Å². The molecular weight excluding hydrogens is 916 g/mol. The molecule has 4 aromatic carbocycles. The van der Waals surface area contributed by atoms with Gasteiger partial charge in [-0.3, -0.25) is 9.36 Å². The van der Waals surface area contributed by atoms with Gasteiger partial charge in [-0.1, -0.05) is 48.6 Å². The Morgan fingerprint density at radius 3 is 2.07 bits per heavy atom. The molecule has 0 aliphatic carbocycles. The second-order valence-corrected chi connectivity index (χ2v) is 15.9. The van der Waals surface area contributed by atoms with E-state index in [4.69, 9.17) is 8.83 Å². The average Bonchev–Trinajstić information content (AvgIpc) is 3.77. The summed E-state index contributed by atoms with van der Waals surface area (Å²) in [6.45, 7) is 7.06. The van der Waals surface area contributed by atoms with Gasteiger partial charge in [0.2, 0.25) is 0 Å². The first-order valence-electron chi connectivity index (χ1n) is 13.3. The summed E-state index contributed by atoms with van der Waals surface area (Å²) in [5.74, 6) is -0.309. The van der Waals surface area contributed by atoms with Gasteiger partial charge in [0.25, 0.3) is 0 Å². The van der Waals surface area contributed by atoms with Crippen LogP contribution in [0.2, 0.25) is 19.6 Å². The van der Waals surface area contributed by atoms with Gasteiger partial charge in [-0.05, 0) is 41.7 Å². The second-order valence-electron chi connectivity index (χ2n) is 10.8. The fourth-order valence-electron chi connectivity index (χ4n) is 5.19. The number of rotatable bonds is 3. The molecule has 8 aromatic rings. The molecule has 0 spiro atoms. The minimum Gasteiger partial charge on any atom is -0.513 e. The maximum atomic E-state index is 13.3. The van der Waals surface area contributed by atoms with Crippen molar-refractivity contribution in [2.75, 3.05) is 0 Å². The SMILES string of the molecule is C[Si](C)(C)c1c[c-]c(-n2cccn2)c2oc3ccccc3c12.Fc1ccc2c(c1)oc1c(-n3cccn3)[c-]ccc12.[Ir].[Ir]. The van der Waals surface area contributed by atoms with E-state index in [1.54, 1.807) is 23.1 Å². The number of hydrogen-bond donors (Lipinski definition) is 0. The number of benzene rings is 4. The third kappa shape index (κ3) is 5.57. The van der Waals surface area contributed by atoms with Gasteiger partial charge in [0, 0.05) is 101 Å². The summed E-state index contributed by atoms with van der Waals surface area (Å²) >= 11 is 0. The number of para-hydroxylation sites is 1. The normalized spacial score (nSPS) is 11.3. The Labute approximate surface area is 275 Å². The van der Waals surface area contributed by atoms with Crippen LogP contribution >= 0.6 is 0 Å². The van der Waals surface area contributed by atoms with Crippen LogP contribution in [0.15, 0.2) is 106 Å². The maximum Gasteiger partial charge on any atom is 0.126 e. The van der Waals surface area contributed by atoms with E-state index in [1.807, 2.05) is 53.5 Å². The predicted molar refractivity (Wildman–Crippen MR) is 162 cm³/mol. The van der Waals surface area contributed by atoms with Crippen molar-refractivity contribution in [1.29, 1.82) is 0 Å². The molecule has 0 saturated heterocycles. The summed E-state index contributed by atoms with van der Waals surface area (Å²) in [6.07, 6.45) is 7.20. The van der Waals surface area contributed by atoms with Crippen molar-refractivity contribution in [2.45, 2.75) is 19.6 Å². The molecule has 4 heterocycles. The van der Waals surface area contributed by atoms with Crippen LogP contribution < -0.4 is 5.19 Å². The Hall–Kier alpha value is -3.65. The Kier molecular flexibility index (Phi) is 8.70. The summed E-state index contributed by atoms with van der Waals surface area (Å²) in [5, 5.41) is 14.1. The van der Waals surface area contributed by atoms with Crippen molar-refractivity contribution >= 4 is 57.1 Å². The minimum atomic E-state index is -1.51. The van der Waals surface area contributed by atoms with Crippen LogP contribution in [0.3, 0.4) is 0 Å². The third-order valence-corrected chi connectivity index (χ3v) is 9.09. The largest absolute Gasteiger partial charge is 0.513 e. The summed E-state index contributed by atoms with van der Waals surface area (Å²) in [6, 6.07) is 28.9. The van der Waals surface area contributed by atoms with E-state index in [9.17, 15) is 4.39 Å². The first-order valence-corrected chi connectivity index (χ1v) is 16.8. The summed E-state index contributed by atoms with van der Waals surface area (Å²) in [5.41, 5.74) is 4.59. The molecule has 0 aliphatic heterocycles. The van der Waals surface area contributed by atoms with E-state index < -0.39 is 8.07 Å². The molecule has 0 fully saturated rings. The molecule has 0 amide bonds. The zero-order valence-electron chi connectivity index (χ0n) is 23.4. The number of aromatic nitrogens is 4. The van der Waals surface area contributed by atoms with Crippen LogP contribution in [0.5, 0.6) is 0 Å². The Balaban J connectivity index is 0.000000165. The number of nitrogens with zero attached hydrogens (tertiary/aromatic N) is 4. The van der Waals surface area contributed by atoms with E-state index in [0.717, 1.165) is 33.3 Å². The molecule has 2 radical (unpaired) electrons. The monoisotopic (exact) mass is 942 g/mol. The standard InChI is InChI=1S/C18H17N2OSi.C15H8FN2O.2Ir/c1-22(2,3)16-10-9-14(20-12-6-11-19-20)18-17(16)13-7-4-5-8-15(13)21-18;16-10-5-6-11-12-3-1-4-13(18-8-2-7-17-18)15(12)19-14(11)9-10;;/h4-8,10-12H,1-3H3;1-3,5-9H;;/q2*-1;;. The van der Waals surface area contributed by atoms with Gasteiger partial charge >= 0.3 is 0 Å². The quantitative estimate of drug-likeness (QED) is 0.134. The molecule has 10 heteroatoms. The van der Waals surface area contributed by atoms with Crippen LogP contribution in [-0.4, -0.2) is 27.6 Å². The average molecular weight is 941 g/mol.